The number of hydrogen-bond donors (Lipinski definition) is 2. The van der Waals surface area contributed by atoms with Gasteiger partial charge in [-0.05, 0) is 109 Å². The molecule has 0 saturated heterocycles. The molecule has 0 radical (unpaired) electrons. The predicted molar refractivity (Wildman–Crippen MR) is 261 cm³/mol. The number of nitrogens with zero attached hydrogens (tertiary/aromatic N) is 6. The normalized spacial score (nSPS) is 11.9. The molecule has 0 unspecified atom stereocenters. The third-order valence-electron chi connectivity index (χ3n) is 11.9. The fourth-order valence-corrected chi connectivity index (χ4v) is 8.86. The zero-order chi connectivity index (χ0) is 41.5. The van der Waals surface area contributed by atoms with Crippen molar-refractivity contribution in [1.82, 2.24) is 19.1 Å². The number of nitrogens with one attached hydrogen (secondary N) is 2. The summed E-state index contributed by atoms with van der Waals surface area (Å²) >= 11 is 0. The van der Waals surface area contributed by atoms with Gasteiger partial charge in [-0.3, -0.25) is 0 Å². The van der Waals surface area contributed by atoms with Crippen LogP contribution in [0.15, 0.2) is 192 Å². The Bertz CT molecular complexity index is 2870. The Kier molecular flexibility index (Phi) is 11.2. The minimum atomic E-state index is 0.922. The number of unbranched alkanes of at least 4 members (excludes halogenated alkanes) is 5. The van der Waals surface area contributed by atoms with E-state index in [2.05, 4.69) is 128 Å². The first kappa shape index (κ1) is 38.6. The second-order valence-corrected chi connectivity index (χ2v) is 15.9. The topological polar surface area (TPSA) is 72.6 Å². The molecule has 0 atom stereocenters. The minimum Gasteiger partial charge on any atom is -0.347 e. The largest absolute Gasteiger partial charge is 0.347 e. The molecule has 0 amide bonds. The van der Waals surface area contributed by atoms with Gasteiger partial charge in [0, 0.05) is 69.1 Å². The highest BCUT2D eigenvalue weighted by Gasteiger charge is 2.14. The molecular formula is C54H50N8. The van der Waals surface area contributed by atoms with Crippen LogP contribution in [-0.4, -0.2) is 31.5 Å². The molecule has 0 bridgehead atoms. The smallest absolute Gasteiger partial charge is 0.132 e. The van der Waals surface area contributed by atoms with Crippen LogP contribution in [0.1, 0.15) is 49.7 Å². The lowest BCUT2D eigenvalue weighted by Crippen LogP contribution is -2.09. The van der Waals surface area contributed by atoms with Crippen LogP contribution in [0, 0.1) is 0 Å². The van der Waals surface area contributed by atoms with Crippen LogP contribution < -0.4 is 10.0 Å². The van der Waals surface area contributed by atoms with Crippen LogP contribution in [0.3, 0.4) is 0 Å². The Balaban J connectivity index is 0.766. The maximum Gasteiger partial charge on any atom is 0.132 e. The molecule has 0 aliphatic heterocycles. The van der Waals surface area contributed by atoms with Gasteiger partial charge in [0.25, 0.3) is 0 Å². The Labute approximate surface area is 362 Å². The van der Waals surface area contributed by atoms with Gasteiger partial charge in [-0.1, -0.05) is 111 Å². The van der Waals surface area contributed by atoms with Crippen molar-refractivity contribution in [3.63, 3.8) is 0 Å². The van der Waals surface area contributed by atoms with E-state index in [1.54, 1.807) is 0 Å². The first-order valence-electron chi connectivity index (χ1n) is 21.9. The number of hydrogen-bond acceptors (Lipinski definition) is 4. The molecule has 10 rings (SSSR count). The van der Waals surface area contributed by atoms with Crippen LogP contribution in [0.25, 0.3) is 43.6 Å². The summed E-state index contributed by atoms with van der Waals surface area (Å²) in [5.41, 5.74) is 9.31. The van der Waals surface area contributed by atoms with Crippen molar-refractivity contribution < 1.29 is 0 Å². The van der Waals surface area contributed by atoms with Crippen molar-refractivity contribution in [2.75, 3.05) is 10.0 Å². The standard InChI is InChI=1S/C54H50N8/c1(3-15-35-59-49-25-13-11-23-45(49)47-37-41(29-31-51(47)59)39-57-61(53-27-17-33-55-53)43-19-7-5-8-20-43)2-4-16-36-60-50-26-14-12-24-46(50)48-38-42(30-32-52(48)60)40-58-62(54-28-18-34-56-54)44-21-9-6-10-22-44/h5-14,17-34,37-40,55-56H,1-4,15-16,35-36H2/b57-39+,58-40+. The lowest BCUT2D eigenvalue weighted by atomic mass is 10.1. The highest BCUT2D eigenvalue weighted by molar-refractivity contribution is 6.10. The molecule has 306 valence electrons. The summed E-state index contributed by atoms with van der Waals surface area (Å²) in [6.07, 6.45) is 15.0. The molecular weight excluding hydrogens is 761 g/mol. The third-order valence-corrected chi connectivity index (χ3v) is 11.9. The molecule has 4 heterocycles. The average Bonchev–Trinajstić information content (AvgIpc) is 4.16. The second kappa shape index (κ2) is 18.0. The first-order valence-corrected chi connectivity index (χ1v) is 21.9. The highest BCUT2D eigenvalue weighted by Crippen LogP contribution is 2.33. The summed E-state index contributed by atoms with van der Waals surface area (Å²) in [6, 6.07) is 59.7. The molecule has 0 fully saturated rings. The lowest BCUT2D eigenvalue weighted by Gasteiger charge is -2.17. The Hall–Kier alpha value is -7.58. The van der Waals surface area contributed by atoms with Crippen molar-refractivity contribution in [2.24, 2.45) is 10.2 Å². The van der Waals surface area contributed by atoms with Gasteiger partial charge in [-0.15, -0.1) is 0 Å². The molecule has 62 heavy (non-hydrogen) atoms. The Morgan fingerprint density at radius 2 is 0.790 bits per heavy atom. The molecule has 6 aromatic carbocycles. The van der Waals surface area contributed by atoms with E-state index in [0.717, 1.165) is 60.1 Å². The quantitative estimate of drug-likeness (QED) is 0.0546. The van der Waals surface area contributed by atoms with Gasteiger partial charge in [0.05, 0.1) is 23.8 Å². The highest BCUT2D eigenvalue weighted by atomic mass is 15.5. The number of anilines is 4. The van der Waals surface area contributed by atoms with Crippen LogP contribution >= 0.6 is 0 Å². The van der Waals surface area contributed by atoms with Gasteiger partial charge in [-0.2, -0.15) is 10.2 Å². The van der Waals surface area contributed by atoms with Gasteiger partial charge in [0.2, 0.25) is 0 Å². The Morgan fingerprint density at radius 1 is 0.387 bits per heavy atom. The third kappa shape index (κ3) is 8.02. The van der Waals surface area contributed by atoms with Gasteiger partial charge >= 0.3 is 0 Å². The van der Waals surface area contributed by atoms with Crippen molar-refractivity contribution in [3.05, 3.63) is 193 Å². The Morgan fingerprint density at radius 3 is 1.23 bits per heavy atom. The van der Waals surface area contributed by atoms with E-state index in [0.29, 0.717) is 0 Å². The van der Waals surface area contributed by atoms with Gasteiger partial charge in [0.15, 0.2) is 0 Å². The first-order chi connectivity index (χ1) is 30.8. The van der Waals surface area contributed by atoms with Crippen LogP contribution in [-0.2, 0) is 13.1 Å². The second-order valence-electron chi connectivity index (χ2n) is 15.9. The summed E-state index contributed by atoms with van der Waals surface area (Å²) in [6.45, 7) is 2.02. The van der Waals surface area contributed by atoms with Crippen molar-refractivity contribution >= 4 is 79.1 Å². The monoisotopic (exact) mass is 810 g/mol. The predicted octanol–water partition coefficient (Wildman–Crippen LogP) is 13.9. The molecule has 4 aromatic heterocycles. The van der Waals surface area contributed by atoms with Crippen molar-refractivity contribution in [1.29, 1.82) is 0 Å². The van der Waals surface area contributed by atoms with E-state index in [9.17, 15) is 0 Å². The maximum absolute atomic E-state index is 4.92. The fraction of sp³-hybridized carbons (Fsp3) is 0.148. The van der Waals surface area contributed by atoms with E-state index >= 15 is 0 Å². The molecule has 0 spiro atoms. The number of aryl methyl sites for hydroxylation is 2. The van der Waals surface area contributed by atoms with Crippen LogP contribution in [0.5, 0.6) is 0 Å². The summed E-state index contributed by atoms with van der Waals surface area (Å²) in [5, 5.41) is 18.9. The fourth-order valence-electron chi connectivity index (χ4n) is 8.86. The SMILES string of the molecule is C(=N\N(c1ccccc1)c1ccc[nH]1)/c1ccc2c(c1)c1ccccc1n2CCCCCCCCn1c2ccccc2c2cc(/C=N/N(c3ccccc3)c3ccc[nH]3)ccc21. The molecule has 10 aromatic rings. The molecule has 0 saturated carbocycles. The molecule has 0 aliphatic carbocycles. The maximum atomic E-state index is 4.92. The van der Waals surface area contributed by atoms with E-state index < -0.39 is 0 Å². The molecule has 8 nitrogen and oxygen atoms in total. The molecule has 8 heteroatoms. The number of aromatic nitrogens is 4. The molecule has 0 aliphatic rings. The van der Waals surface area contributed by atoms with Gasteiger partial charge in [0.1, 0.15) is 11.6 Å². The van der Waals surface area contributed by atoms with Crippen LogP contribution in [0.2, 0.25) is 0 Å². The number of benzene rings is 6. The number of H-pyrrole nitrogens is 2. The number of hydrazone groups is 2. The van der Waals surface area contributed by atoms with Crippen LogP contribution in [0.4, 0.5) is 23.0 Å². The zero-order valence-electron chi connectivity index (χ0n) is 34.8. The van der Waals surface area contributed by atoms with E-state index in [-0.39, 0.29) is 0 Å². The van der Waals surface area contributed by atoms with Gasteiger partial charge < -0.3 is 19.1 Å². The van der Waals surface area contributed by atoms with Gasteiger partial charge in [-0.25, -0.2) is 10.0 Å². The number of para-hydroxylation sites is 4. The minimum absolute atomic E-state index is 0.922. The average molecular weight is 811 g/mol. The van der Waals surface area contributed by atoms with E-state index in [1.165, 1.54) is 69.3 Å². The lowest BCUT2D eigenvalue weighted by molar-refractivity contribution is 0.545. The summed E-state index contributed by atoms with van der Waals surface area (Å²) in [5.74, 6) is 1.84. The zero-order valence-corrected chi connectivity index (χ0v) is 34.8. The summed E-state index contributed by atoms with van der Waals surface area (Å²) in [7, 11) is 0. The van der Waals surface area contributed by atoms with Crippen molar-refractivity contribution in [3.8, 4) is 0 Å². The summed E-state index contributed by atoms with van der Waals surface area (Å²) < 4.78 is 5.03. The number of fused-ring (bicyclic) bond motifs is 6. The molecule has 2 N–H and O–H groups in total. The van der Waals surface area contributed by atoms with E-state index in [1.807, 2.05) is 95.5 Å². The van der Waals surface area contributed by atoms with E-state index in [4.69, 9.17) is 10.2 Å². The number of aromatic amines is 2. The summed E-state index contributed by atoms with van der Waals surface area (Å²) in [4.78, 5) is 6.60. The van der Waals surface area contributed by atoms with Crippen molar-refractivity contribution in [2.45, 2.75) is 51.6 Å². The number of rotatable bonds is 17.